The Kier molecular flexibility index (Phi) is 25.3. The Morgan fingerprint density at radius 3 is 1.30 bits per heavy atom. The van der Waals surface area contributed by atoms with Crippen LogP contribution >= 0.6 is 12.4 Å². The summed E-state index contributed by atoms with van der Waals surface area (Å²) in [5, 5.41) is 28.7. The summed E-state index contributed by atoms with van der Waals surface area (Å²) < 4.78 is 10.2. The molecule has 1 amide bonds. The van der Waals surface area contributed by atoms with Crippen LogP contribution in [0.3, 0.4) is 0 Å². The number of rotatable bonds is 12. The van der Waals surface area contributed by atoms with Crippen molar-refractivity contribution in [1.82, 2.24) is 59.6 Å². The third-order valence-electron chi connectivity index (χ3n) is 13.3. The van der Waals surface area contributed by atoms with Crippen LogP contribution in [0.1, 0.15) is 106 Å². The van der Waals surface area contributed by atoms with Crippen molar-refractivity contribution in [3.8, 4) is 0 Å². The van der Waals surface area contributed by atoms with Crippen molar-refractivity contribution in [3.05, 3.63) is 224 Å². The number of nitrogens with two attached hydrogens (primary N) is 3. The van der Waals surface area contributed by atoms with Gasteiger partial charge in [0, 0.05) is 83.4 Å². The monoisotopic (exact) mass is 1180 g/mol. The van der Waals surface area contributed by atoms with Crippen LogP contribution in [-0.2, 0) is 37.5 Å². The summed E-state index contributed by atoms with van der Waals surface area (Å²) in [5.41, 5.74) is 32.7. The second-order valence-corrected chi connectivity index (χ2v) is 19.8. The average molecular weight is 1180 g/mol. The minimum atomic E-state index is -0.949. The Hall–Kier alpha value is -9.36. The summed E-state index contributed by atoms with van der Waals surface area (Å²) in [6.45, 7) is 16.3. The maximum absolute atomic E-state index is 12.7. The van der Waals surface area contributed by atoms with Crippen LogP contribution in [0.5, 0.6) is 0 Å². The zero-order chi connectivity index (χ0) is 58.6. The molecule has 0 atom stereocenters. The summed E-state index contributed by atoms with van der Waals surface area (Å²) in [7, 11) is 1.37. The summed E-state index contributed by atoms with van der Waals surface area (Å²) in [6.07, 6.45) is 10.7. The number of carbonyl (C=O) groups is 3. The number of pyridine rings is 5. The van der Waals surface area contributed by atoms with Crippen LogP contribution in [0, 0.1) is 48.5 Å². The van der Waals surface area contributed by atoms with Crippen molar-refractivity contribution in [1.29, 1.82) is 0 Å². The van der Waals surface area contributed by atoms with E-state index in [1.165, 1.54) is 36.1 Å². The molecule has 0 unspecified atom stereocenters. The average Bonchev–Trinajstić information content (AvgIpc) is 2.77. The number of nitrogens with one attached hydrogen (secondary N) is 1. The number of nitrogens with zero attached hydrogens (tertiary/aromatic N) is 11. The molecule has 21 nitrogen and oxygen atoms in total. The molecular weight excluding hydrogens is 1110 g/mol. The zero-order valence-electron chi connectivity index (χ0n) is 48.9. The molecular formula is C63H71ClLiN15O6. The Balaban J connectivity index is 0.000000253. The molecule has 3 aromatic carbocycles. The maximum atomic E-state index is 12.7. The number of halogens is 1. The molecule has 0 aliphatic heterocycles. The molecule has 8 aromatic heterocycles. The molecule has 0 aliphatic rings. The van der Waals surface area contributed by atoms with E-state index in [1.54, 1.807) is 47.4 Å². The number of aromatic carboxylic acids is 1. The van der Waals surface area contributed by atoms with E-state index >= 15 is 0 Å². The number of amides is 1. The SMILES string of the molecule is C.COC(=O)c1ccnc(Cn2cc3cc(C)ccc3n2)c1.Cc1cc(N)nc(C)c1CN.Cc1ccc2nn(Cc3cc(C(=O)NCc4c(C)cc(N)nc4C)ccn3)cc2c1.Cc1ccc2nn(Cc3cc(C(=O)O)ccn3)cc2c1.Cl.[Li+].[OH-]. The first-order valence-electron chi connectivity index (χ1n) is 26.2. The summed E-state index contributed by atoms with van der Waals surface area (Å²) in [4.78, 5) is 56.4. The van der Waals surface area contributed by atoms with E-state index in [1.807, 2.05) is 111 Å². The molecule has 442 valence electrons. The van der Waals surface area contributed by atoms with Crippen molar-refractivity contribution < 1.29 is 48.6 Å². The van der Waals surface area contributed by atoms with Gasteiger partial charge in [0.1, 0.15) is 11.6 Å². The first-order chi connectivity index (χ1) is 39.3. The Bertz CT molecular complexity index is 4080. The summed E-state index contributed by atoms with van der Waals surface area (Å²) in [6, 6.07) is 31.9. The van der Waals surface area contributed by atoms with Crippen LogP contribution in [0.4, 0.5) is 11.6 Å². The van der Waals surface area contributed by atoms with E-state index in [-0.39, 0.29) is 61.6 Å². The topological polar surface area (TPSA) is 319 Å². The number of methoxy groups -OCH3 is 1. The largest absolute Gasteiger partial charge is 1.00 e. The first kappa shape index (κ1) is 69.1. The van der Waals surface area contributed by atoms with Crippen molar-refractivity contribution in [3.63, 3.8) is 0 Å². The standard InChI is InChI=1S/C23H24N6O.C16H15N3O2.C15H13N3O2.C8H13N3.CH4.ClH.Li.H2O/c1-14-4-5-21-18(8-14)12-29(28-21)13-19-10-17(6-7-25-19)23(30)26-11-20-15(2)9-22(24)27-16(20)3;1-11-3-4-15-13(7-11)9-19(18-15)10-14-8-12(5-6-17-14)16(20)21-2;1-10-2-3-14-12(6-10)8-18(17-14)9-13-7-11(15(19)20)4-5-16-13;1-5-3-8(10)11-6(2)7(5)4-9;;;;/h4-10,12H,11,13H2,1-3H3,(H2,24,27)(H,26,30);3-9H,10H2,1-2H3;2-8H,9H2,1H3,(H,19,20);3H,4,9H2,1-2H3,(H2,10,11);1H4;1H;;1H2/q;;;;;;+1;/p-1. The number of carbonyl (C=O) groups excluding carboxylic acids is 2. The molecule has 8 heterocycles. The Morgan fingerprint density at radius 2 is 0.919 bits per heavy atom. The minimum absolute atomic E-state index is 0. The van der Waals surface area contributed by atoms with E-state index in [9.17, 15) is 14.4 Å². The zero-order valence-corrected chi connectivity index (χ0v) is 49.7. The predicted octanol–water partition coefficient (Wildman–Crippen LogP) is 7.00. The Labute approximate surface area is 517 Å². The number of anilines is 2. The number of benzene rings is 3. The number of carboxylic acid groups (broad SMARTS) is 1. The van der Waals surface area contributed by atoms with E-state index < -0.39 is 5.97 Å². The number of esters is 1. The molecule has 0 aliphatic carbocycles. The van der Waals surface area contributed by atoms with Gasteiger partial charge >= 0.3 is 30.8 Å². The van der Waals surface area contributed by atoms with Gasteiger partial charge in [-0.05, 0) is 156 Å². The fraction of sp³-hybridized carbons (Fsp3) is 0.222. The quantitative estimate of drug-likeness (QED) is 0.0607. The van der Waals surface area contributed by atoms with Gasteiger partial charge in [0.2, 0.25) is 0 Å². The number of carboxylic acids is 1. The van der Waals surface area contributed by atoms with Gasteiger partial charge in [0.05, 0.1) is 71.5 Å². The van der Waals surface area contributed by atoms with E-state index in [4.69, 9.17) is 27.0 Å². The molecule has 9 N–H and O–H groups in total. The molecule has 86 heavy (non-hydrogen) atoms. The van der Waals surface area contributed by atoms with Gasteiger partial charge in [-0.3, -0.25) is 33.8 Å². The molecule has 11 aromatic rings. The number of ether oxygens (including phenoxy) is 1. The van der Waals surface area contributed by atoms with Gasteiger partial charge < -0.3 is 37.8 Å². The van der Waals surface area contributed by atoms with Crippen molar-refractivity contribution >= 4 is 74.6 Å². The minimum Gasteiger partial charge on any atom is -0.870 e. The maximum Gasteiger partial charge on any atom is 1.00 e. The molecule has 0 bridgehead atoms. The van der Waals surface area contributed by atoms with Crippen LogP contribution in [-0.4, -0.2) is 89.8 Å². The number of hydrogen-bond donors (Lipinski definition) is 5. The second kappa shape index (κ2) is 31.5. The first-order valence-corrected chi connectivity index (χ1v) is 26.2. The summed E-state index contributed by atoms with van der Waals surface area (Å²) >= 11 is 0. The van der Waals surface area contributed by atoms with Gasteiger partial charge in [0.15, 0.2) is 0 Å². The van der Waals surface area contributed by atoms with Crippen LogP contribution in [0.25, 0.3) is 32.7 Å². The predicted molar refractivity (Wildman–Crippen MR) is 333 cm³/mol. The van der Waals surface area contributed by atoms with Gasteiger partial charge in [-0.15, -0.1) is 12.4 Å². The van der Waals surface area contributed by atoms with Gasteiger partial charge in [0.25, 0.3) is 5.91 Å². The van der Waals surface area contributed by atoms with Gasteiger partial charge in [-0.2, -0.15) is 15.3 Å². The molecule has 11 rings (SSSR count). The second-order valence-electron chi connectivity index (χ2n) is 19.8. The number of aryl methyl sites for hydroxylation is 7. The number of nitrogen functional groups attached to an aromatic ring is 2. The molecule has 0 saturated heterocycles. The molecule has 0 spiro atoms. The normalized spacial score (nSPS) is 10.3. The van der Waals surface area contributed by atoms with E-state index in [2.05, 4.69) is 77.6 Å². The Morgan fingerprint density at radius 1 is 0.547 bits per heavy atom. The number of hydrogen-bond acceptors (Lipinski definition) is 16. The van der Waals surface area contributed by atoms with Crippen LogP contribution < -0.4 is 41.4 Å². The van der Waals surface area contributed by atoms with Crippen molar-refractivity contribution in [2.24, 2.45) is 5.73 Å². The summed E-state index contributed by atoms with van der Waals surface area (Å²) in [5.74, 6) is -0.414. The molecule has 0 radical (unpaired) electrons. The number of fused-ring (bicyclic) bond motifs is 3. The fourth-order valence-corrected chi connectivity index (χ4v) is 9.16. The van der Waals surface area contributed by atoms with Crippen LogP contribution in [0.15, 0.2) is 140 Å². The van der Waals surface area contributed by atoms with Crippen molar-refractivity contribution in [2.45, 2.75) is 88.6 Å². The molecule has 23 heteroatoms. The van der Waals surface area contributed by atoms with Gasteiger partial charge in [-0.25, -0.2) is 19.6 Å². The third-order valence-corrected chi connectivity index (χ3v) is 13.3. The molecule has 0 saturated carbocycles. The van der Waals surface area contributed by atoms with E-state index in [0.717, 1.165) is 77.7 Å². The molecule has 0 fully saturated rings. The van der Waals surface area contributed by atoms with E-state index in [0.29, 0.717) is 61.2 Å². The number of aromatic nitrogens is 11. The van der Waals surface area contributed by atoms with Crippen LogP contribution in [0.2, 0.25) is 0 Å². The van der Waals surface area contributed by atoms with Crippen molar-refractivity contribution in [2.75, 3.05) is 18.6 Å². The smallest absolute Gasteiger partial charge is 0.870 e. The third kappa shape index (κ3) is 18.3. The van der Waals surface area contributed by atoms with Gasteiger partial charge in [-0.1, -0.05) is 42.3 Å². The fourth-order valence-electron chi connectivity index (χ4n) is 9.16.